The van der Waals surface area contributed by atoms with Crippen molar-refractivity contribution in [3.05, 3.63) is 45.6 Å². The average Bonchev–Trinajstić information content (AvgIpc) is 3.22. The predicted molar refractivity (Wildman–Crippen MR) is 77.1 cm³/mol. The predicted octanol–water partition coefficient (Wildman–Crippen LogP) is 3.13. The zero-order chi connectivity index (χ0) is 14.8. The lowest BCUT2D eigenvalue weighted by Gasteiger charge is -2.18. The van der Waals surface area contributed by atoms with Gasteiger partial charge in [-0.05, 0) is 24.3 Å². The molecule has 0 unspecified atom stereocenters. The number of nitrogens with zero attached hydrogens (tertiary/aromatic N) is 1. The molecule has 4 nitrogen and oxygen atoms in total. The molecule has 2 aliphatic rings. The maximum atomic E-state index is 12.6. The molecule has 21 heavy (non-hydrogen) atoms. The van der Waals surface area contributed by atoms with Crippen LogP contribution in [0.25, 0.3) is 0 Å². The van der Waals surface area contributed by atoms with Gasteiger partial charge in [-0.1, -0.05) is 25.8 Å². The van der Waals surface area contributed by atoms with E-state index in [9.17, 15) is 9.18 Å². The minimum atomic E-state index is -0.966. The molecule has 0 spiro atoms. The largest absolute Gasteiger partial charge is 0.445 e. The molecule has 0 amide bonds. The summed E-state index contributed by atoms with van der Waals surface area (Å²) < 4.78 is 22.7. The van der Waals surface area contributed by atoms with Gasteiger partial charge in [0.15, 0.2) is 0 Å². The Balaban J connectivity index is 1.90. The third-order valence-corrected chi connectivity index (χ3v) is 3.90. The molecule has 3 rings (SSSR count). The Morgan fingerprint density at radius 2 is 2.29 bits per heavy atom. The number of hydrogen-bond donors (Lipinski definition) is 0. The van der Waals surface area contributed by atoms with Gasteiger partial charge in [0.1, 0.15) is 5.76 Å². The van der Waals surface area contributed by atoms with Gasteiger partial charge >= 0.3 is 5.63 Å². The third kappa shape index (κ3) is 3.23. The molecule has 2 heterocycles. The van der Waals surface area contributed by atoms with Crippen LogP contribution in [-0.2, 0) is 17.6 Å². The maximum Gasteiger partial charge on any atom is 0.336 e. The SMILES string of the molecule is C=C1Cc2oc(=O)cc(CCCC3CC3)c2C(OCF)=N1. The highest BCUT2D eigenvalue weighted by atomic mass is 19.1. The fraction of sp³-hybridized carbons (Fsp3) is 0.500. The molecule has 112 valence electrons. The second-order valence-corrected chi connectivity index (χ2v) is 5.64. The van der Waals surface area contributed by atoms with Crippen molar-refractivity contribution in [2.45, 2.75) is 38.5 Å². The molecule has 0 atom stereocenters. The highest BCUT2D eigenvalue weighted by Crippen LogP contribution is 2.34. The molecular weight excluding hydrogens is 273 g/mol. The summed E-state index contributed by atoms with van der Waals surface area (Å²) in [4.78, 5) is 15.8. The van der Waals surface area contributed by atoms with E-state index in [1.54, 1.807) is 0 Å². The Morgan fingerprint density at radius 1 is 1.48 bits per heavy atom. The number of alkyl halides is 1. The zero-order valence-corrected chi connectivity index (χ0v) is 11.9. The fourth-order valence-electron chi connectivity index (χ4n) is 2.74. The summed E-state index contributed by atoms with van der Waals surface area (Å²) in [5.41, 5.74) is 1.59. The number of aliphatic imine (C=N–C) groups is 1. The van der Waals surface area contributed by atoms with Gasteiger partial charge in [0, 0.05) is 18.2 Å². The fourth-order valence-corrected chi connectivity index (χ4v) is 2.74. The van der Waals surface area contributed by atoms with Gasteiger partial charge in [0.25, 0.3) is 0 Å². The monoisotopic (exact) mass is 291 g/mol. The van der Waals surface area contributed by atoms with Gasteiger partial charge in [-0.15, -0.1) is 0 Å². The first-order valence-electron chi connectivity index (χ1n) is 7.29. The summed E-state index contributed by atoms with van der Waals surface area (Å²) in [6.45, 7) is 2.78. The van der Waals surface area contributed by atoms with E-state index in [-0.39, 0.29) is 11.5 Å². The van der Waals surface area contributed by atoms with Crippen LogP contribution in [0.1, 0.15) is 42.6 Å². The normalized spacial score (nSPS) is 17.4. The van der Waals surface area contributed by atoms with Crippen molar-refractivity contribution in [2.24, 2.45) is 10.9 Å². The molecule has 1 aliphatic heterocycles. The quantitative estimate of drug-likeness (QED) is 0.837. The van der Waals surface area contributed by atoms with Gasteiger partial charge in [0.2, 0.25) is 12.8 Å². The number of aryl methyl sites for hydroxylation is 1. The van der Waals surface area contributed by atoms with E-state index in [2.05, 4.69) is 11.6 Å². The standard InChI is InChI=1S/C16H18FNO3/c1-10-7-13-15(16(18-10)20-9-17)12(8-14(19)21-13)4-2-3-11-5-6-11/h8,11H,1-7,9H2. The summed E-state index contributed by atoms with van der Waals surface area (Å²) in [5.74, 6) is 1.50. The van der Waals surface area contributed by atoms with Crippen LogP contribution in [0.5, 0.6) is 0 Å². The second kappa shape index (κ2) is 5.84. The van der Waals surface area contributed by atoms with E-state index in [1.807, 2.05) is 0 Å². The molecule has 0 radical (unpaired) electrons. The molecular formula is C16H18FNO3. The van der Waals surface area contributed by atoms with Crippen molar-refractivity contribution in [3.8, 4) is 0 Å². The van der Waals surface area contributed by atoms with E-state index in [1.165, 1.54) is 18.9 Å². The first-order chi connectivity index (χ1) is 10.2. The Hall–Kier alpha value is -1.91. The Labute approximate surface area is 122 Å². The van der Waals surface area contributed by atoms with Gasteiger partial charge in [0.05, 0.1) is 5.56 Å². The lowest BCUT2D eigenvalue weighted by molar-refractivity contribution is 0.179. The molecule has 0 saturated heterocycles. The van der Waals surface area contributed by atoms with E-state index < -0.39 is 6.86 Å². The molecule has 5 heteroatoms. The molecule has 1 saturated carbocycles. The lowest BCUT2D eigenvalue weighted by atomic mass is 9.97. The van der Waals surface area contributed by atoms with E-state index in [0.717, 1.165) is 30.7 Å². The van der Waals surface area contributed by atoms with Crippen molar-refractivity contribution in [2.75, 3.05) is 6.86 Å². The Bertz CT molecular complexity index is 643. The summed E-state index contributed by atoms with van der Waals surface area (Å²) in [6.07, 6.45) is 5.91. The van der Waals surface area contributed by atoms with Crippen molar-refractivity contribution in [1.29, 1.82) is 0 Å². The number of fused-ring (bicyclic) bond motifs is 1. The van der Waals surface area contributed by atoms with E-state index >= 15 is 0 Å². The molecule has 0 bridgehead atoms. The maximum absolute atomic E-state index is 12.6. The number of ether oxygens (including phenoxy) is 1. The summed E-state index contributed by atoms with van der Waals surface area (Å²) in [7, 11) is 0. The smallest absolute Gasteiger partial charge is 0.336 e. The number of rotatable bonds is 5. The average molecular weight is 291 g/mol. The van der Waals surface area contributed by atoms with Crippen LogP contribution in [0.15, 0.2) is 32.5 Å². The van der Waals surface area contributed by atoms with Crippen LogP contribution in [0.3, 0.4) is 0 Å². The van der Waals surface area contributed by atoms with E-state index in [0.29, 0.717) is 23.4 Å². The number of halogens is 1. The van der Waals surface area contributed by atoms with Gasteiger partial charge in [-0.3, -0.25) is 0 Å². The molecule has 0 N–H and O–H groups in total. The second-order valence-electron chi connectivity index (χ2n) is 5.64. The molecule has 1 aromatic heterocycles. The summed E-state index contributed by atoms with van der Waals surface area (Å²) in [5, 5.41) is 0. The zero-order valence-electron chi connectivity index (χ0n) is 11.9. The van der Waals surface area contributed by atoms with Crippen LogP contribution in [0.4, 0.5) is 4.39 Å². The molecule has 1 aliphatic carbocycles. The lowest BCUT2D eigenvalue weighted by Crippen LogP contribution is -2.20. The minimum Gasteiger partial charge on any atom is -0.445 e. The summed E-state index contributed by atoms with van der Waals surface area (Å²) >= 11 is 0. The van der Waals surface area contributed by atoms with Gasteiger partial charge in [-0.2, -0.15) is 0 Å². The van der Waals surface area contributed by atoms with Crippen LogP contribution in [-0.4, -0.2) is 12.8 Å². The minimum absolute atomic E-state index is 0.175. The highest BCUT2D eigenvalue weighted by Gasteiger charge is 2.25. The van der Waals surface area contributed by atoms with Crippen molar-refractivity contribution in [3.63, 3.8) is 0 Å². The number of allylic oxidation sites excluding steroid dienone is 1. The summed E-state index contributed by atoms with van der Waals surface area (Å²) in [6, 6.07) is 1.47. The van der Waals surface area contributed by atoms with Crippen molar-refractivity contribution < 1.29 is 13.5 Å². The highest BCUT2D eigenvalue weighted by molar-refractivity contribution is 5.98. The topological polar surface area (TPSA) is 51.8 Å². The Morgan fingerprint density at radius 3 is 3.00 bits per heavy atom. The van der Waals surface area contributed by atoms with Crippen molar-refractivity contribution in [1.82, 2.24) is 0 Å². The molecule has 1 fully saturated rings. The Kier molecular flexibility index (Phi) is 3.90. The van der Waals surface area contributed by atoms with E-state index in [4.69, 9.17) is 9.15 Å². The van der Waals surface area contributed by atoms with Crippen LogP contribution in [0.2, 0.25) is 0 Å². The molecule has 1 aromatic rings. The molecule has 0 aromatic carbocycles. The van der Waals surface area contributed by atoms with Gasteiger partial charge in [-0.25, -0.2) is 14.2 Å². The van der Waals surface area contributed by atoms with Crippen LogP contribution >= 0.6 is 0 Å². The third-order valence-electron chi connectivity index (χ3n) is 3.90. The first-order valence-corrected chi connectivity index (χ1v) is 7.29. The first kappa shape index (κ1) is 14.0. The van der Waals surface area contributed by atoms with Crippen molar-refractivity contribution >= 4 is 5.90 Å². The van der Waals surface area contributed by atoms with Crippen LogP contribution < -0.4 is 5.63 Å². The van der Waals surface area contributed by atoms with Gasteiger partial charge < -0.3 is 9.15 Å². The number of hydrogen-bond acceptors (Lipinski definition) is 4. The van der Waals surface area contributed by atoms with Crippen LogP contribution in [0, 0.1) is 5.92 Å².